The number of carbonyl (C=O) groups is 2. The lowest BCUT2D eigenvalue weighted by Crippen LogP contribution is -2.35. The van der Waals surface area contributed by atoms with Crippen molar-refractivity contribution in [3.8, 4) is 11.3 Å². The number of halogens is 2. The zero-order valence-corrected chi connectivity index (χ0v) is 20.9. The number of nitrogens with one attached hydrogen (secondary N) is 2. The number of furan rings is 1. The summed E-state index contributed by atoms with van der Waals surface area (Å²) >= 11 is 12.6. The summed E-state index contributed by atoms with van der Waals surface area (Å²) in [5, 5.41) is 7.39. The maximum atomic E-state index is 13.6. The molecule has 1 aliphatic carbocycles. The molecule has 3 aromatic rings. The number of rotatable bonds is 4. The highest BCUT2D eigenvalue weighted by Gasteiger charge is 2.40. The molecule has 2 heterocycles. The third-order valence-electron chi connectivity index (χ3n) is 6.52. The first-order valence-electron chi connectivity index (χ1n) is 11.5. The summed E-state index contributed by atoms with van der Waals surface area (Å²) < 4.78 is 6.27. The van der Waals surface area contributed by atoms with Crippen LogP contribution in [0, 0.1) is 6.92 Å². The van der Waals surface area contributed by atoms with E-state index in [1.165, 1.54) is 0 Å². The van der Waals surface area contributed by atoms with E-state index in [1.807, 2.05) is 44.2 Å². The predicted molar refractivity (Wildman–Crippen MR) is 138 cm³/mol. The van der Waals surface area contributed by atoms with Crippen molar-refractivity contribution in [2.24, 2.45) is 0 Å². The van der Waals surface area contributed by atoms with Crippen LogP contribution in [0.1, 0.15) is 43.4 Å². The van der Waals surface area contributed by atoms with Gasteiger partial charge in [0.15, 0.2) is 5.78 Å². The quantitative estimate of drug-likeness (QED) is 0.393. The molecule has 1 aliphatic heterocycles. The average molecular weight is 507 g/mol. The Hall–Kier alpha value is -3.28. The highest BCUT2D eigenvalue weighted by Crippen LogP contribution is 2.44. The zero-order valence-electron chi connectivity index (χ0n) is 19.4. The lowest BCUT2D eigenvalue weighted by molar-refractivity contribution is -0.116. The first kappa shape index (κ1) is 23.5. The fourth-order valence-electron chi connectivity index (χ4n) is 4.81. The Morgan fingerprint density at radius 1 is 1.06 bits per heavy atom. The first-order chi connectivity index (χ1) is 16.8. The molecule has 0 saturated heterocycles. The predicted octanol–water partition coefficient (Wildman–Crippen LogP) is 7.17. The SMILES string of the molecule is CC1=C(C(=O)Nc2ccccc2C)C(c2ccc(-c3cc(Cl)ccc3Cl)o2)C2=C(CCCC2=O)N1. The second-order valence-corrected chi connectivity index (χ2v) is 9.70. The van der Waals surface area contributed by atoms with E-state index in [0.29, 0.717) is 50.4 Å². The van der Waals surface area contributed by atoms with Crippen molar-refractivity contribution >= 4 is 40.6 Å². The number of ketones is 1. The normalized spacial score (nSPS) is 17.8. The number of hydrogen-bond acceptors (Lipinski definition) is 4. The molecule has 5 nitrogen and oxygen atoms in total. The number of allylic oxidation sites excluding steroid dienone is 3. The average Bonchev–Trinajstić information content (AvgIpc) is 3.31. The van der Waals surface area contributed by atoms with Gasteiger partial charge in [0.2, 0.25) is 0 Å². The molecule has 2 aromatic carbocycles. The maximum Gasteiger partial charge on any atom is 0.254 e. The van der Waals surface area contributed by atoms with Crippen molar-refractivity contribution in [1.29, 1.82) is 0 Å². The van der Waals surface area contributed by atoms with Crippen molar-refractivity contribution in [1.82, 2.24) is 5.32 Å². The van der Waals surface area contributed by atoms with Crippen molar-refractivity contribution in [2.75, 3.05) is 5.32 Å². The molecule has 0 fully saturated rings. The Morgan fingerprint density at radius 3 is 2.66 bits per heavy atom. The summed E-state index contributed by atoms with van der Waals surface area (Å²) in [4.78, 5) is 26.8. The van der Waals surface area contributed by atoms with Gasteiger partial charge in [-0.25, -0.2) is 0 Å². The minimum absolute atomic E-state index is 0.0242. The highest BCUT2D eigenvalue weighted by molar-refractivity contribution is 6.35. The van der Waals surface area contributed by atoms with Gasteiger partial charge in [-0.15, -0.1) is 0 Å². The van der Waals surface area contributed by atoms with E-state index in [9.17, 15) is 9.59 Å². The molecule has 0 radical (unpaired) electrons. The van der Waals surface area contributed by atoms with Crippen molar-refractivity contribution in [2.45, 2.75) is 39.0 Å². The van der Waals surface area contributed by atoms with Gasteiger partial charge >= 0.3 is 0 Å². The number of carbonyl (C=O) groups excluding carboxylic acids is 2. The van der Waals surface area contributed by atoms with E-state index < -0.39 is 5.92 Å². The molecule has 1 aromatic heterocycles. The standard InChI is InChI=1S/C28H24Cl2N2O3/c1-15-6-3-4-7-20(15)32-28(34)25-16(2)31-21-8-5-9-22(33)26(21)27(25)24-13-12-23(35-24)18-14-17(29)10-11-19(18)30/h3-4,6-7,10-14,27,31H,5,8-9H2,1-2H3,(H,32,34). The molecule has 5 rings (SSSR count). The van der Waals surface area contributed by atoms with Gasteiger partial charge in [-0.2, -0.15) is 0 Å². The van der Waals surface area contributed by atoms with Crippen molar-refractivity contribution in [3.05, 3.63) is 98.5 Å². The fourth-order valence-corrected chi connectivity index (χ4v) is 5.19. The van der Waals surface area contributed by atoms with Gasteiger partial charge in [-0.05, 0) is 68.7 Å². The molecule has 178 valence electrons. The Kier molecular flexibility index (Phi) is 6.30. The molecule has 0 spiro atoms. The Morgan fingerprint density at radius 2 is 1.86 bits per heavy atom. The topological polar surface area (TPSA) is 71.3 Å². The van der Waals surface area contributed by atoms with E-state index in [1.54, 1.807) is 24.3 Å². The minimum Gasteiger partial charge on any atom is -0.460 e. The number of aryl methyl sites for hydroxylation is 1. The molecule has 35 heavy (non-hydrogen) atoms. The lowest BCUT2D eigenvalue weighted by Gasteiger charge is -2.33. The van der Waals surface area contributed by atoms with Gasteiger partial charge in [-0.3, -0.25) is 9.59 Å². The molecule has 0 saturated carbocycles. The maximum absolute atomic E-state index is 13.6. The van der Waals surface area contributed by atoms with Gasteiger partial charge in [-0.1, -0.05) is 41.4 Å². The second-order valence-electron chi connectivity index (χ2n) is 8.86. The van der Waals surface area contributed by atoms with Gasteiger partial charge in [0.25, 0.3) is 5.91 Å². The second kappa shape index (κ2) is 9.40. The van der Waals surface area contributed by atoms with Gasteiger partial charge in [0.1, 0.15) is 11.5 Å². The molecule has 0 bridgehead atoms. The van der Waals surface area contributed by atoms with Crippen LogP contribution in [0.4, 0.5) is 5.69 Å². The van der Waals surface area contributed by atoms with E-state index in [-0.39, 0.29) is 11.7 Å². The van der Waals surface area contributed by atoms with E-state index in [0.717, 1.165) is 29.8 Å². The van der Waals surface area contributed by atoms with Crippen molar-refractivity contribution in [3.63, 3.8) is 0 Å². The summed E-state index contributed by atoms with van der Waals surface area (Å²) in [6, 6.07) is 16.4. The van der Waals surface area contributed by atoms with E-state index in [2.05, 4.69) is 10.6 Å². The van der Waals surface area contributed by atoms with Gasteiger partial charge in [0, 0.05) is 39.7 Å². The first-order valence-corrected chi connectivity index (χ1v) is 12.2. The Labute approximate surface area is 213 Å². The third kappa shape index (κ3) is 4.42. The van der Waals surface area contributed by atoms with Crippen LogP contribution < -0.4 is 10.6 Å². The van der Waals surface area contributed by atoms with Crippen LogP contribution in [-0.4, -0.2) is 11.7 Å². The minimum atomic E-state index is -0.630. The number of para-hydroxylation sites is 1. The van der Waals surface area contributed by atoms with Crippen molar-refractivity contribution < 1.29 is 14.0 Å². The van der Waals surface area contributed by atoms with Crippen LogP contribution in [0.3, 0.4) is 0 Å². The van der Waals surface area contributed by atoms with Crippen LogP contribution in [0.15, 0.2) is 81.6 Å². The largest absolute Gasteiger partial charge is 0.460 e. The number of dihydropyridines is 1. The Bertz CT molecular complexity index is 1420. The molecule has 2 N–H and O–H groups in total. The molecule has 1 atom stereocenters. The molecule has 2 aliphatic rings. The van der Waals surface area contributed by atoms with Gasteiger partial charge in [0.05, 0.1) is 16.5 Å². The molecule has 1 unspecified atom stereocenters. The van der Waals surface area contributed by atoms with Crippen LogP contribution in [0.5, 0.6) is 0 Å². The molecular weight excluding hydrogens is 483 g/mol. The molecule has 7 heteroatoms. The summed E-state index contributed by atoms with van der Waals surface area (Å²) in [5.41, 5.74) is 4.93. The number of Topliss-reactive ketones (excluding diaryl/α,β-unsaturated/α-hetero) is 1. The number of amides is 1. The number of benzene rings is 2. The monoisotopic (exact) mass is 506 g/mol. The van der Waals surface area contributed by atoms with E-state index >= 15 is 0 Å². The molecular formula is C28H24Cl2N2O3. The lowest BCUT2D eigenvalue weighted by atomic mass is 9.77. The zero-order chi connectivity index (χ0) is 24.7. The Balaban J connectivity index is 1.60. The third-order valence-corrected chi connectivity index (χ3v) is 7.08. The number of anilines is 1. The summed E-state index contributed by atoms with van der Waals surface area (Å²) in [6.45, 7) is 3.80. The van der Waals surface area contributed by atoms with Crippen LogP contribution in [0.25, 0.3) is 11.3 Å². The summed E-state index contributed by atoms with van der Waals surface area (Å²) in [6.07, 6.45) is 1.96. The number of hydrogen-bond donors (Lipinski definition) is 2. The highest BCUT2D eigenvalue weighted by atomic mass is 35.5. The fraction of sp³-hybridized carbons (Fsp3) is 0.214. The summed E-state index contributed by atoms with van der Waals surface area (Å²) in [5.74, 6) is 0.145. The smallest absolute Gasteiger partial charge is 0.254 e. The molecule has 1 amide bonds. The van der Waals surface area contributed by atoms with Crippen LogP contribution >= 0.6 is 23.2 Å². The van der Waals surface area contributed by atoms with Gasteiger partial charge < -0.3 is 15.1 Å². The van der Waals surface area contributed by atoms with E-state index in [4.69, 9.17) is 27.6 Å². The van der Waals surface area contributed by atoms with Crippen LogP contribution in [0.2, 0.25) is 10.0 Å². The summed E-state index contributed by atoms with van der Waals surface area (Å²) in [7, 11) is 0. The van der Waals surface area contributed by atoms with Crippen LogP contribution in [-0.2, 0) is 9.59 Å².